The monoisotopic (exact) mass is 279 g/mol. The normalized spacial score (nSPS) is 27.2. The summed E-state index contributed by atoms with van der Waals surface area (Å²) in [6.45, 7) is 4.58. The molecule has 0 saturated heterocycles. The SMILES string of the molecule is C[C@H]1[C@H](C)CCC[C@H]1NC(=O)CCCc1cccs1. The van der Waals surface area contributed by atoms with Gasteiger partial charge >= 0.3 is 0 Å². The second-order valence-corrected chi connectivity index (χ2v) is 6.91. The molecule has 0 spiro atoms. The van der Waals surface area contributed by atoms with Crippen LogP contribution in [0.4, 0.5) is 0 Å². The summed E-state index contributed by atoms with van der Waals surface area (Å²) in [5, 5.41) is 5.34. The maximum Gasteiger partial charge on any atom is 0.220 e. The lowest BCUT2D eigenvalue weighted by atomic mass is 9.78. The summed E-state index contributed by atoms with van der Waals surface area (Å²) in [5.74, 6) is 1.60. The standard InChI is InChI=1S/C16H25NOS/c1-12-6-3-9-15(13(12)2)17-16(18)10-4-7-14-8-5-11-19-14/h5,8,11-13,15H,3-4,6-7,9-10H2,1-2H3,(H,17,18)/t12-,13+,15-/m1/s1. The van der Waals surface area contributed by atoms with E-state index in [1.54, 1.807) is 11.3 Å². The minimum Gasteiger partial charge on any atom is -0.353 e. The lowest BCUT2D eigenvalue weighted by Crippen LogP contribution is -2.43. The number of aryl methyl sites for hydroxylation is 1. The van der Waals surface area contributed by atoms with E-state index in [0.717, 1.165) is 25.2 Å². The fourth-order valence-corrected chi connectivity index (χ4v) is 3.69. The van der Waals surface area contributed by atoms with Crippen molar-refractivity contribution in [2.24, 2.45) is 11.8 Å². The van der Waals surface area contributed by atoms with Gasteiger partial charge in [0.2, 0.25) is 5.91 Å². The molecular weight excluding hydrogens is 254 g/mol. The smallest absolute Gasteiger partial charge is 0.220 e. The van der Waals surface area contributed by atoms with Crippen LogP contribution in [0.5, 0.6) is 0 Å². The topological polar surface area (TPSA) is 29.1 Å². The molecule has 2 nitrogen and oxygen atoms in total. The van der Waals surface area contributed by atoms with E-state index in [0.29, 0.717) is 18.4 Å². The van der Waals surface area contributed by atoms with Crippen LogP contribution in [-0.4, -0.2) is 11.9 Å². The highest BCUT2D eigenvalue weighted by Crippen LogP contribution is 2.29. The molecule has 3 heteroatoms. The molecule has 1 fully saturated rings. The largest absolute Gasteiger partial charge is 0.353 e. The minimum absolute atomic E-state index is 0.238. The molecule has 1 aromatic heterocycles. The van der Waals surface area contributed by atoms with E-state index >= 15 is 0 Å². The Balaban J connectivity index is 1.69. The first kappa shape index (κ1) is 14.6. The predicted molar refractivity (Wildman–Crippen MR) is 81.4 cm³/mol. The van der Waals surface area contributed by atoms with E-state index in [1.165, 1.54) is 17.7 Å². The zero-order chi connectivity index (χ0) is 13.7. The van der Waals surface area contributed by atoms with Gasteiger partial charge in [-0.1, -0.05) is 32.8 Å². The van der Waals surface area contributed by atoms with E-state index in [1.807, 2.05) is 0 Å². The highest BCUT2D eigenvalue weighted by molar-refractivity contribution is 7.09. The number of nitrogens with one attached hydrogen (secondary N) is 1. The molecule has 0 radical (unpaired) electrons. The molecule has 0 unspecified atom stereocenters. The zero-order valence-electron chi connectivity index (χ0n) is 12.0. The molecule has 0 bridgehead atoms. The van der Waals surface area contributed by atoms with E-state index in [4.69, 9.17) is 0 Å². The lowest BCUT2D eigenvalue weighted by Gasteiger charge is -2.34. The summed E-state index contributed by atoms with van der Waals surface area (Å²) >= 11 is 1.78. The first-order chi connectivity index (χ1) is 9.16. The van der Waals surface area contributed by atoms with E-state index in [9.17, 15) is 4.79 Å². The van der Waals surface area contributed by atoms with Gasteiger partial charge in [-0.3, -0.25) is 4.79 Å². The quantitative estimate of drug-likeness (QED) is 0.867. The summed E-state index contributed by atoms with van der Waals surface area (Å²) in [5.41, 5.74) is 0. The second kappa shape index (κ2) is 7.09. The van der Waals surface area contributed by atoms with Crippen molar-refractivity contribution >= 4 is 17.2 Å². The lowest BCUT2D eigenvalue weighted by molar-refractivity contribution is -0.122. The van der Waals surface area contributed by atoms with Crippen molar-refractivity contribution < 1.29 is 4.79 Å². The molecule has 1 aromatic rings. The third kappa shape index (κ3) is 4.34. The number of amides is 1. The van der Waals surface area contributed by atoms with Gasteiger partial charge in [0.1, 0.15) is 0 Å². The Hall–Kier alpha value is -0.830. The average Bonchev–Trinajstić information content (AvgIpc) is 2.88. The van der Waals surface area contributed by atoms with Crippen LogP contribution in [0.15, 0.2) is 17.5 Å². The van der Waals surface area contributed by atoms with E-state index in [2.05, 4.69) is 36.7 Å². The van der Waals surface area contributed by atoms with Crippen LogP contribution in [0.25, 0.3) is 0 Å². The Labute approximate surface area is 120 Å². The maximum absolute atomic E-state index is 12.0. The van der Waals surface area contributed by atoms with Crippen molar-refractivity contribution in [2.45, 2.75) is 58.4 Å². The van der Waals surface area contributed by atoms with E-state index in [-0.39, 0.29) is 5.91 Å². The predicted octanol–water partition coefficient (Wildman–Crippen LogP) is 4.01. The molecule has 1 aliphatic carbocycles. The Bertz CT molecular complexity index is 387. The van der Waals surface area contributed by atoms with Gasteiger partial charge in [-0.25, -0.2) is 0 Å². The van der Waals surface area contributed by atoms with E-state index < -0.39 is 0 Å². The number of carbonyl (C=O) groups is 1. The second-order valence-electron chi connectivity index (χ2n) is 5.87. The van der Waals surface area contributed by atoms with Gasteiger partial charge in [0, 0.05) is 17.3 Å². The van der Waals surface area contributed by atoms with Crippen molar-refractivity contribution in [2.75, 3.05) is 0 Å². The van der Waals surface area contributed by atoms with Crippen LogP contribution < -0.4 is 5.32 Å². The Morgan fingerprint density at radius 3 is 3.00 bits per heavy atom. The van der Waals surface area contributed by atoms with Gasteiger partial charge in [0.15, 0.2) is 0 Å². The number of hydrogen-bond acceptors (Lipinski definition) is 2. The van der Waals surface area contributed by atoms with Gasteiger partial charge in [0.05, 0.1) is 0 Å². The minimum atomic E-state index is 0.238. The molecule has 0 aromatic carbocycles. The Kier molecular flexibility index (Phi) is 5.44. The fourth-order valence-electron chi connectivity index (χ4n) is 2.94. The first-order valence-corrected chi connectivity index (χ1v) is 8.36. The summed E-state index contributed by atoms with van der Waals surface area (Å²) < 4.78 is 0. The molecule has 1 amide bonds. The van der Waals surface area contributed by atoms with Crippen LogP contribution in [0.1, 0.15) is 50.8 Å². The van der Waals surface area contributed by atoms with Crippen molar-refractivity contribution in [1.82, 2.24) is 5.32 Å². The molecule has 106 valence electrons. The van der Waals surface area contributed by atoms with Gasteiger partial charge in [0.25, 0.3) is 0 Å². The van der Waals surface area contributed by atoms with Crippen LogP contribution in [0.2, 0.25) is 0 Å². The molecule has 3 atom stereocenters. The molecule has 19 heavy (non-hydrogen) atoms. The molecule has 2 rings (SSSR count). The van der Waals surface area contributed by atoms with Crippen LogP contribution in [-0.2, 0) is 11.2 Å². The van der Waals surface area contributed by atoms with Gasteiger partial charge < -0.3 is 5.32 Å². The summed E-state index contributed by atoms with van der Waals surface area (Å²) in [4.78, 5) is 13.4. The van der Waals surface area contributed by atoms with Gasteiger partial charge in [-0.15, -0.1) is 11.3 Å². The van der Waals surface area contributed by atoms with Crippen molar-refractivity contribution in [1.29, 1.82) is 0 Å². The number of rotatable bonds is 5. The summed E-state index contributed by atoms with van der Waals surface area (Å²) in [6.07, 6.45) is 6.37. The van der Waals surface area contributed by atoms with Gasteiger partial charge in [-0.05, 0) is 42.5 Å². The van der Waals surface area contributed by atoms with Crippen LogP contribution in [0.3, 0.4) is 0 Å². The fraction of sp³-hybridized carbons (Fsp3) is 0.688. The summed E-state index contributed by atoms with van der Waals surface area (Å²) in [7, 11) is 0. The molecule has 0 aliphatic heterocycles. The third-order valence-electron chi connectivity index (χ3n) is 4.46. The summed E-state index contributed by atoms with van der Waals surface area (Å²) in [6, 6.07) is 4.62. The van der Waals surface area contributed by atoms with Crippen molar-refractivity contribution in [3.63, 3.8) is 0 Å². The Morgan fingerprint density at radius 1 is 1.42 bits per heavy atom. The number of carbonyl (C=O) groups excluding carboxylic acids is 1. The number of hydrogen-bond donors (Lipinski definition) is 1. The number of thiophene rings is 1. The Morgan fingerprint density at radius 2 is 2.26 bits per heavy atom. The molecule has 1 aliphatic rings. The first-order valence-electron chi connectivity index (χ1n) is 7.48. The third-order valence-corrected chi connectivity index (χ3v) is 5.40. The van der Waals surface area contributed by atoms with Crippen molar-refractivity contribution in [3.8, 4) is 0 Å². The van der Waals surface area contributed by atoms with Gasteiger partial charge in [-0.2, -0.15) is 0 Å². The van der Waals surface area contributed by atoms with Crippen LogP contribution >= 0.6 is 11.3 Å². The maximum atomic E-state index is 12.0. The molecule has 1 N–H and O–H groups in total. The molecule has 1 saturated carbocycles. The molecule has 1 heterocycles. The van der Waals surface area contributed by atoms with Crippen molar-refractivity contribution in [3.05, 3.63) is 22.4 Å². The molecular formula is C16H25NOS. The van der Waals surface area contributed by atoms with Crippen LogP contribution in [0, 0.1) is 11.8 Å². The highest BCUT2D eigenvalue weighted by Gasteiger charge is 2.27. The average molecular weight is 279 g/mol. The zero-order valence-corrected chi connectivity index (χ0v) is 12.8. The highest BCUT2D eigenvalue weighted by atomic mass is 32.1.